The minimum Gasteiger partial charge on any atom is -0.484 e. The van der Waals surface area contributed by atoms with E-state index in [1.54, 1.807) is 7.11 Å². The Kier molecular flexibility index (Phi) is 3.48. The highest BCUT2D eigenvalue weighted by molar-refractivity contribution is 9.10. The molecule has 1 aromatic carbocycles. The Hall–Kier alpha value is -0.580. The molecule has 0 bridgehead atoms. The summed E-state index contributed by atoms with van der Waals surface area (Å²) in [5, 5.41) is 10.2. The molecule has 0 spiro atoms. The molecule has 0 saturated carbocycles. The summed E-state index contributed by atoms with van der Waals surface area (Å²) >= 11 is 3.41. The van der Waals surface area contributed by atoms with Crippen molar-refractivity contribution in [1.82, 2.24) is 0 Å². The zero-order valence-corrected chi connectivity index (χ0v) is 11.8. The van der Waals surface area contributed by atoms with Crippen molar-refractivity contribution in [1.29, 1.82) is 0 Å². The Balaban J connectivity index is 2.37. The van der Waals surface area contributed by atoms with Crippen molar-refractivity contribution in [3.63, 3.8) is 0 Å². The molecule has 0 radical (unpaired) electrons. The molecule has 0 amide bonds. The van der Waals surface area contributed by atoms with E-state index in [9.17, 15) is 5.11 Å². The third kappa shape index (κ3) is 2.34. The molecule has 0 saturated heterocycles. The van der Waals surface area contributed by atoms with E-state index in [1.807, 2.05) is 32.0 Å². The quantitative estimate of drug-likeness (QED) is 0.912. The summed E-state index contributed by atoms with van der Waals surface area (Å²) in [4.78, 5) is 0. The number of benzene rings is 1. The van der Waals surface area contributed by atoms with E-state index in [4.69, 9.17) is 9.47 Å². The first-order chi connectivity index (χ1) is 7.96. The Morgan fingerprint density at radius 2 is 2.29 bits per heavy atom. The maximum absolute atomic E-state index is 10.2. The molecule has 2 rings (SSSR count). The molecule has 1 aliphatic heterocycles. The molecule has 0 aliphatic carbocycles. The van der Waals surface area contributed by atoms with E-state index in [2.05, 4.69) is 15.9 Å². The van der Waals surface area contributed by atoms with Crippen LogP contribution in [0.3, 0.4) is 0 Å². The molecule has 94 valence electrons. The zero-order valence-electron chi connectivity index (χ0n) is 10.2. The first-order valence-corrected chi connectivity index (χ1v) is 6.45. The van der Waals surface area contributed by atoms with E-state index >= 15 is 0 Å². The summed E-state index contributed by atoms with van der Waals surface area (Å²) in [6, 6.07) is 5.69. The first kappa shape index (κ1) is 12.9. The fourth-order valence-electron chi connectivity index (χ4n) is 2.16. The second kappa shape index (κ2) is 4.59. The number of aliphatic hydroxyl groups excluding tert-OH is 1. The van der Waals surface area contributed by atoms with Crippen LogP contribution in [0.15, 0.2) is 22.7 Å². The smallest absolute Gasteiger partial charge is 0.135 e. The fraction of sp³-hybridized carbons (Fsp3) is 0.538. The number of halogens is 1. The Morgan fingerprint density at radius 1 is 1.59 bits per heavy atom. The van der Waals surface area contributed by atoms with E-state index in [-0.39, 0.29) is 6.10 Å². The highest BCUT2D eigenvalue weighted by atomic mass is 79.9. The topological polar surface area (TPSA) is 38.7 Å². The van der Waals surface area contributed by atoms with Gasteiger partial charge >= 0.3 is 0 Å². The summed E-state index contributed by atoms with van der Waals surface area (Å²) in [5.41, 5.74) is 0.344. The van der Waals surface area contributed by atoms with Gasteiger partial charge in [-0.1, -0.05) is 22.0 Å². The average Bonchev–Trinajstić information content (AvgIpc) is 2.26. The highest BCUT2D eigenvalue weighted by Crippen LogP contribution is 2.42. The fourth-order valence-corrected chi connectivity index (χ4v) is 2.50. The number of hydrogen-bond acceptors (Lipinski definition) is 3. The van der Waals surface area contributed by atoms with Crippen molar-refractivity contribution in [2.45, 2.75) is 38.1 Å². The number of aliphatic hydroxyl groups is 1. The Bertz CT molecular complexity index is 421. The number of fused-ring (bicyclic) bond motifs is 1. The number of rotatable bonds is 2. The SMILES string of the molecule is COC(C)C1(C)C[C@H](O)c2ccc(Br)cc2O1. The summed E-state index contributed by atoms with van der Waals surface area (Å²) in [5.74, 6) is 0.726. The minimum absolute atomic E-state index is 0.0794. The van der Waals surface area contributed by atoms with Crippen molar-refractivity contribution >= 4 is 15.9 Å². The lowest BCUT2D eigenvalue weighted by molar-refractivity contribution is -0.0919. The normalized spacial score (nSPS) is 29.4. The van der Waals surface area contributed by atoms with Gasteiger partial charge in [-0.3, -0.25) is 0 Å². The molecule has 0 aromatic heterocycles. The molecule has 2 unspecified atom stereocenters. The van der Waals surface area contributed by atoms with Gasteiger partial charge in [0.1, 0.15) is 11.4 Å². The van der Waals surface area contributed by atoms with Gasteiger partial charge in [0.15, 0.2) is 0 Å². The van der Waals surface area contributed by atoms with E-state index in [1.165, 1.54) is 0 Å². The first-order valence-electron chi connectivity index (χ1n) is 5.65. The van der Waals surface area contributed by atoms with Crippen molar-refractivity contribution in [2.75, 3.05) is 7.11 Å². The van der Waals surface area contributed by atoms with E-state index in [0.29, 0.717) is 6.42 Å². The van der Waals surface area contributed by atoms with Gasteiger partial charge in [-0.25, -0.2) is 0 Å². The molecule has 1 N–H and O–H groups in total. The predicted molar refractivity (Wildman–Crippen MR) is 69.2 cm³/mol. The maximum atomic E-state index is 10.2. The molecule has 4 heteroatoms. The lowest BCUT2D eigenvalue weighted by atomic mass is 9.86. The summed E-state index contributed by atoms with van der Waals surface area (Å²) < 4.78 is 12.3. The van der Waals surface area contributed by atoms with Crippen molar-refractivity contribution in [3.05, 3.63) is 28.2 Å². The molecule has 1 aromatic rings. The molecule has 3 nitrogen and oxygen atoms in total. The van der Waals surface area contributed by atoms with Crippen LogP contribution in [0.5, 0.6) is 5.75 Å². The number of ether oxygens (including phenoxy) is 2. The Labute approximate surface area is 110 Å². The Morgan fingerprint density at radius 3 is 2.94 bits per heavy atom. The van der Waals surface area contributed by atoms with Gasteiger partial charge < -0.3 is 14.6 Å². The molecular weight excluding hydrogens is 284 g/mol. The van der Waals surface area contributed by atoms with Crippen LogP contribution in [-0.2, 0) is 4.74 Å². The molecule has 1 heterocycles. The lowest BCUT2D eigenvalue weighted by Gasteiger charge is -2.41. The molecule has 3 atom stereocenters. The third-order valence-electron chi connectivity index (χ3n) is 3.49. The number of hydrogen-bond donors (Lipinski definition) is 1. The van der Waals surface area contributed by atoms with Crippen LogP contribution in [0, 0.1) is 0 Å². The number of methoxy groups -OCH3 is 1. The third-order valence-corrected chi connectivity index (χ3v) is 3.98. The summed E-state index contributed by atoms with van der Waals surface area (Å²) in [7, 11) is 1.65. The van der Waals surface area contributed by atoms with Gasteiger partial charge in [0, 0.05) is 23.6 Å². The molecule has 17 heavy (non-hydrogen) atoms. The average molecular weight is 301 g/mol. The van der Waals surface area contributed by atoms with E-state index < -0.39 is 11.7 Å². The molecular formula is C13H17BrO3. The van der Waals surface area contributed by atoms with Crippen molar-refractivity contribution < 1.29 is 14.6 Å². The van der Waals surface area contributed by atoms with Gasteiger partial charge in [0.05, 0.1) is 12.2 Å². The standard InChI is InChI=1S/C13H17BrO3/c1-8(16-3)13(2)7-11(15)10-5-4-9(14)6-12(10)17-13/h4-6,8,11,15H,7H2,1-3H3/t8?,11-,13?/m0/s1. The van der Waals surface area contributed by atoms with Crippen LogP contribution in [0.1, 0.15) is 31.9 Å². The van der Waals surface area contributed by atoms with Gasteiger partial charge in [-0.2, -0.15) is 0 Å². The van der Waals surface area contributed by atoms with E-state index in [0.717, 1.165) is 15.8 Å². The van der Waals surface area contributed by atoms with Gasteiger partial charge in [-0.15, -0.1) is 0 Å². The summed E-state index contributed by atoms with van der Waals surface area (Å²) in [6.45, 7) is 3.92. The largest absolute Gasteiger partial charge is 0.484 e. The van der Waals surface area contributed by atoms with Crippen LogP contribution >= 0.6 is 15.9 Å². The zero-order chi connectivity index (χ0) is 12.6. The maximum Gasteiger partial charge on any atom is 0.135 e. The van der Waals surface area contributed by atoms with Crippen LogP contribution in [0.4, 0.5) is 0 Å². The molecule has 1 aliphatic rings. The predicted octanol–water partition coefficient (Wildman–Crippen LogP) is 3.06. The van der Waals surface area contributed by atoms with Crippen LogP contribution in [0.25, 0.3) is 0 Å². The lowest BCUT2D eigenvalue weighted by Crippen LogP contribution is -2.47. The van der Waals surface area contributed by atoms with Crippen molar-refractivity contribution in [3.8, 4) is 5.75 Å². The van der Waals surface area contributed by atoms with Gasteiger partial charge in [0.2, 0.25) is 0 Å². The van der Waals surface area contributed by atoms with Crippen LogP contribution < -0.4 is 4.74 Å². The van der Waals surface area contributed by atoms with Crippen LogP contribution in [0.2, 0.25) is 0 Å². The minimum atomic E-state index is -0.505. The molecule has 0 fully saturated rings. The monoisotopic (exact) mass is 300 g/mol. The second-order valence-corrected chi connectivity index (χ2v) is 5.61. The second-order valence-electron chi connectivity index (χ2n) is 4.69. The highest BCUT2D eigenvalue weighted by Gasteiger charge is 2.41. The summed E-state index contributed by atoms with van der Waals surface area (Å²) in [6.07, 6.45) is -0.0462. The van der Waals surface area contributed by atoms with Crippen molar-refractivity contribution in [2.24, 2.45) is 0 Å². The van der Waals surface area contributed by atoms with Gasteiger partial charge in [-0.05, 0) is 26.0 Å². The van der Waals surface area contributed by atoms with Gasteiger partial charge in [0.25, 0.3) is 0 Å². The van der Waals surface area contributed by atoms with Crippen LogP contribution in [-0.4, -0.2) is 23.9 Å².